The molecular formula is C20H24ClN3O6S. The van der Waals surface area contributed by atoms with Crippen LogP contribution in [0.1, 0.15) is 22.8 Å². The van der Waals surface area contributed by atoms with Gasteiger partial charge in [0.1, 0.15) is 16.4 Å². The lowest BCUT2D eigenvalue weighted by Crippen LogP contribution is -2.37. The van der Waals surface area contributed by atoms with Crippen LogP contribution in [0.15, 0.2) is 41.3 Å². The lowest BCUT2D eigenvalue weighted by molar-refractivity contribution is 0.0951. The van der Waals surface area contributed by atoms with Gasteiger partial charge in [-0.3, -0.25) is 4.79 Å². The Labute approximate surface area is 186 Å². The second-order valence-electron chi connectivity index (χ2n) is 6.25. The number of hydrogen-bond donors (Lipinski definition) is 3. The second kappa shape index (κ2) is 10.9. The Kier molecular flexibility index (Phi) is 8.52. The summed E-state index contributed by atoms with van der Waals surface area (Å²) < 4.78 is 37.6. The molecule has 0 aliphatic heterocycles. The molecule has 0 aliphatic carbocycles. The molecule has 0 radical (unpaired) electrons. The molecule has 31 heavy (non-hydrogen) atoms. The average Bonchev–Trinajstić information content (AvgIpc) is 2.74. The molecular weight excluding hydrogens is 446 g/mol. The summed E-state index contributed by atoms with van der Waals surface area (Å²) in [5, 5.41) is 5.35. The number of rotatable bonds is 9. The minimum absolute atomic E-state index is 0.121. The SMILES string of the molecule is CCOc1ccc(CCNC(=O)c2cc(Cl)ccc2OC)cc1S(=O)(=O)NC(=O)NC. The molecule has 2 aromatic carbocycles. The Morgan fingerprint density at radius 1 is 1.10 bits per heavy atom. The summed E-state index contributed by atoms with van der Waals surface area (Å²) in [5.41, 5.74) is 0.916. The van der Waals surface area contributed by atoms with Gasteiger partial charge in [-0.1, -0.05) is 17.7 Å². The van der Waals surface area contributed by atoms with Crippen LogP contribution in [-0.2, 0) is 16.4 Å². The fraction of sp³-hybridized carbons (Fsp3) is 0.300. The van der Waals surface area contributed by atoms with Crippen molar-refractivity contribution in [2.75, 3.05) is 27.3 Å². The Bertz CT molecular complexity index is 1060. The standard InChI is InChI=1S/C20H24ClN3O6S/c1-4-30-17-7-5-13(11-18(17)31(27,28)24-20(26)22-2)9-10-23-19(25)15-12-14(21)6-8-16(15)29-3/h5-8,11-12H,4,9-10H2,1-3H3,(H,23,25)(H2,22,24,26). The molecule has 168 valence electrons. The Morgan fingerprint density at radius 2 is 1.81 bits per heavy atom. The molecule has 0 unspecified atom stereocenters. The normalized spacial score (nSPS) is 10.8. The second-order valence-corrected chi connectivity index (χ2v) is 8.34. The van der Waals surface area contributed by atoms with Crippen LogP contribution >= 0.6 is 11.6 Å². The van der Waals surface area contributed by atoms with Crippen molar-refractivity contribution in [2.24, 2.45) is 0 Å². The smallest absolute Gasteiger partial charge is 0.328 e. The van der Waals surface area contributed by atoms with Crippen molar-refractivity contribution in [3.63, 3.8) is 0 Å². The highest BCUT2D eigenvalue weighted by molar-refractivity contribution is 7.90. The number of benzene rings is 2. The van der Waals surface area contributed by atoms with E-state index in [2.05, 4.69) is 10.6 Å². The molecule has 9 nitrogen and oxygen atoms in total. The highest BCUT2D eigenvalue weighted by Gasteiger charge is 2.22. The molecule has 3 amide bonds. The number of methoxy groups -OCH3 is 1. The molecule has 2 aromatic rings. The zero-order chi connectivity index (χ0) is 23.0. The van der Waals surface area contributed by atoms with Crippen LogP contribution in [0.2, 0.25) is 5.02 Å². The monoisotopic (exact) mass is 469 g/mol. The molecule has 2 rings (SSSR count). The molecule has 0 bridgehead atoms. The highest BCUT2D eigenvalue weighted by Crippen LogP contribution is 2.26. The fourth-order valence-corrected chi connectivity index (χ4v) is 4.02. The van der Waals surface area contributed by atoms with Crippen molar-refractivity contribution in [1.82, 2.24) is 15.4 Å². The van der Waals surface area contributed by atoms with E-state index in [1.165, 1.54) is 32.4 Å². The van der Waals surface area contributed by atoms with E-state index in [0.717, 1.165) is 0 Å². The van der Waals surface area contributed by atoms with Gasteiger partial charge in [-0.25, -0.2) is 17.9 Å². The zero-order valence-electron chi connectivity index (χ0n) is 17.3. The topological polar surface area (TPSA) is 123 Å². The average molecular weight is 470 g/mol. The number of halogens is 1. The summed E-state index contributed by atoms with van der Waals surface area (Å²) in [6.07, 6.45) is 0.337. The van der Waals surface area contributed by atoms with Crippen LogP contribution in [0.25, 0.3) is 0 Å². The molecule has 0 saturated carbocycles. The van der Waals surface area contributed by atoms with Gasteiger partial charge < -0.3 is 20.1 Å². The number of carbonyl (C=O) groups excluding carboxylic acids is 2. The van der Waals surface area contributed by atoms with Crippen molar-refractivity contribution < 1.29 is 27.5 Å². The quantitative estimate of drug-likeness (QED) is 0.518. The van der Waals surface area contributed by atoms with Crippen molar-refractivity contribution in [3.05, 3.63) is 52.5 Å². The summed E-state index contributed by atoms with van der Waals surface area (Å²) >= 11 is 5.96. The first-order valence-electron chi connectivity index (χ1n) is 9.33. The van der Waals surface area contributed by atoms with Crippen molar-refractivity contribution in [1.29, 1.82) is 0 Å². The third kappa shape index (κ3) is 6.50. The van der Waals surface area contributed by atoms with Crippen molar-refractivity contribution in [2.45, 2.75) is 18.2 Å². The number of hydrogen-bond acceptors (Lipinski definition) is 6. The van der Waals surface area contributed by atoms with E-state index in [4.69, 9.17) is 21.1 Å². The number of sulfonamides is 1. The van der Waals surface area contributed by atoms with E-state index in [1.807, 2.05) is 4.72 Å². The summed E-state index contributed by atoms with van der Waals surface area (Å²) in [6.45, 7) is 2.19. The predicted molar refractivity (Wildman–Crippen MR) is 116 cm³/mol. The number of urea groups is 1. The third-order valence-electron chi connectivity index (χ3n) is 4.16. The summed E-state index contributed by atoms with van der Waals surface area (Å²) in [6, 6.07) is 8.46. The van der Waals surface area contributed by atoms with Crippen LogP contribution in [-0.4, -0.2) is 47.7 Å². The lowest BCUT2D eigenvalue weighted by Gasteiger charge is -2.14. The lowest BCUT2D eigenvalue weighted by atomic mass is 10.1. The Morgan fingerprint density at radius 3 is 2.45 bits per heavy atom. The van der Waals surface area contributed by atoms with E-state index in [-0.39, 0.29) is 29.7 Å². The van der Waals surface area contributed by atoms with Crippen molar-refractivity contribution >= 4 is 33.6 Å². The number of carbonyl (C=O) groups is 2. The van der Waals surface area contributed by atoms with Gasteiger partial charge in [0.2, 0.25) is 0 Å². The van der Waals surface area contributed by atoms with Gasteiger partial charge in [0.05, 0.1) is 19.3 Å². The van der Waals surface area contributed by atoms with Gasteiger partial charge in [-0.05, 0) is 49.2 Å². The molecule has 0 saturated heterocycles. The largest absolute Gasteiger partial charge is 0.496 e. The van der Waals surface area contributed by atoms with Crippen LogP contribution in [0.4, 0.5) is 4.79 Å². The molecule has 0 spiro atoms. The van der Waals surface area contributed by atoms with Gasteiger partial charge in [-0.15, -0.1) is 0 Å². The van der Waals surface area contributed by atoms with E-state index >= 15 is 0 Å². The molecule has 0 heterocycles. The van der Waals surface area contributed by atoms with Gasteiger partial charge >= 0.3 is 6.03 Å². The molecule has 0 aliphatic rings. The molecule has 3 N–H and O–H groups in total. The van der Waals surface area contributed by atoms with E-state index in [0.29, 0.717) is 28.3 Å². The zero-order valence-corrected chi connectivity index (χ0v) is 18.9. The van der Waals surface area contributed by atoms with Crippen LogP contribution < -0.4 is 24.8 Å². The summed E-state index contributed by atoms with van der Waals surface area (Å²) in [4.78, 5) is 23.8. The summed E-state index contributed by atoms with van der Waals surface area (Å²) in [7, 11) is -1.39. The van der Waals surface area contributed by atoms with Gasteiger partial charge in [-0.2, -0.15) is 0 Å². The fourth-order valence-electron chi connectivity index (χ4n) is 2.69. The summed E-state index contributed by atoms with van der Waals surface area (Å²) in [5.74, 6) is 0.131. The van der Waals surface area contributed by atoms with Gasteiger partial charge in [0.15, 0.2) is 0 Å². The maximum atomic E-state index is 12.6. The Balaban J connectivity index is 2.16. The van der Waals surface area contributed by atoms with Crippen LogP contribution in [0.5, 0.6) is 11.5 Å². The van der Waals surface area contributed by atoms with E-state index in [1.54, 1.807) is 25.1 Å². The van der Waals surface area contributed by atoms with Gasteiger partial charge in [0.25, 0.3) is 15.9 Å². The number of ether oxygens (including phenoxy) is 2. The van der Waals surface area contributed by atoms with Crippen molar-refractivity contribution in [3.8, 4) is 11.5 Å². The molecule has 0 atom stereocenters. The maximum absolute atomic E-state index is 12.6. The third-order valence-corrected chi connectivity index (χ3v) is 5.74. The highest BCUT2D eigenvalue weighted by atomic mass is 35.5. The first-order chi connectivity index (χ1) is 14.7. The van der Waals surface area contributed by atoms with E-state index < -0.39 is 16.1 Å². The van der Waals surface area contributed by atoms with Crippen LogP contribution in [0.3, 0.4) is 0 Å². The minimum atomic E-state index is -4.15. The minimum Gasteiger partial charge on any atom is -0.496 e. The van der Waals surface area contributed by atoms with Gasteiger partial charge in [0, 0.05) is 18.6 Å². The first-order valence-corrected chi connectivity index (χ1v) is 11.2. The number of amides is 3. The number of nitrogens with one attached hydrogen (secondary N) is 3. The predicted octanol–water partition coefficient (Wildman–Crippen LogP) is 2.34. The Hall–Kier alpha value is -2.98. The molecule has 0 fully saturated rings. The van der Waals surface area contributed by atoms with Crippen LogP contribution in [0, 0.1) is 0 Å². The molecule has 11 heteroatoms. The first kappa shape index (κ1) is 24.3. The molecule has 0 aromatic heterocycles. The maximum Gasteiger partial charge on any atom is 0.328 e. The van der Waals surface area contributed by atoms with E-state index in [9.17, 15) is 18.0 Å².